The second-order valence-corrected chi connectivity index (χ2v) is 6.31. The van der Waals surface area contributed by atoms with Gasteiger partial charge in [-0.1, -0.05) is 0 Å². The first kappa shape index (κ1) is 18.7. The minimum Gasteiger partial charge on any atom is -0.496 e. The van der Waals surface area contributed by atoms with Crippen molar-refractivity contribution < 1.29 is 9.53 Å². The van der Waals surface area contributed by atoms with E-state index in [9.17, 15) is 4.79 Å². The molecule has 2 aromatic heterocycles. The second-order valence-electron chi connectivity index (χ2n) is 6.31. The van der Waals surface area contributed by atoms with Crippen LogP contribution in [0.15, 0.2) is 18.5 Å². The topological polar surface area (TPSA) is 67.3 Å². The number of urea groups is 1. The van der Waals surface area contributed by atoms with Gasteiger partial charge in [-0.15, -0.1) is 0 Å². The van der Waals surface area contributed by atoms with Gasteiger partial charge in [0, 0.05) is 42.8 Å². The van der Waals surface area contributed by atoms with Gasteiger partial charge in [0.05, 0.1) is 19.3 Å². The van der Waals surface area contributed by atoms with Gasteiger partial charge in [-0.05, 0) is 44.9 Å². The van der Waals surface area contributed by atoms with E-state index >= 15 is 0 Å². The van der Waals surface area contributed by atoms with E-state index < -0.39 is 0 Å². The molecule has 2 amide bonds. The molecule has 0 radical (unpaired) electrons. The zero-order chi connectivity index (χ0) is 18.6. The fourth-order valence-electron chi connectivity index (χ4n) is 2.74. The molecule has 1 N–H and O–H groups in total. The lowest BCUT2D eigenvalue weighted by molar-refractivity contribution is 0.205. The van der Waals surface area contributed by atoms with Gasteiger partial charge in [-0.25, -0.2) is 4.79 Å². The van der Waals surface area contributed by atoms with Crippen molar-refractivity contribution in [3.63, 3.8) is 0 Å². The Balaban J connectivity index is 2.01. The molecule has 25 heavy (non-hydrogen) atoms. The normalized spacial score (nSPS) is 10.5. The molecule has 0 spiro atoms. The van der Waals surface area contributed by atoms with Crippen LogP contribution in [0.25, 0.3) is 0 Å². The van der Waals surface area contributed by atoms with Crippen LogP contribution in [-0.4, -0.2) is 35.1 Å². The summed E-state index contributed by atoms with van der Waals surface area (Å²) in [6.07, 6.45) is 3.58. The Morgan fingerprint density at radius 2 is 1.88 bits per heavy atom. The van der Waals surface area contributed by atoms with Gasteiger partial charge in [-0.2, -0.15) is 0 Å². The number of carbonyl (C=O) groups is 1. The highest BCUT2D eigenvalue weighted by Gasteiger charge is 2.15. The lowest BCUT2D eigenvalue weighted by Crippen LogP contribution is -2.37. The number of hydrogen-bond acceptors (Lipinski definition) is 4. The maximum absolute atomic E-state index is 12.4. The molecule has 2 aromatic rings. The predicted octanol–water partition coefficient (Wildman–Crippen LogP) is 3.06. The highest BCUT2D eigenvalue weighted by atomic mass is 16.5. The average Bonchev–Trinajstić information content (AvgIpc) is 2.56. The highest BCUT2D eigenvalue weighted by molar-refractivity contribution is 5.73. The van der Waals surface area contributed by atoms with Crippen molar-refractivity contribution in [3.8, 4) is 5.75 Å². The second kappa shape index (κ2) is 7.96. The quantitative estimate of drug-likeness (QED) is 0.907. The van der Waals surface area contributed by atoms with Crippen molar-refractivity contribution in [3.05, 3.63) is 52.1 Å². The molecule has 0 atom stereocenters. The van der Waals surface area contributed by atoms with E-state index in [-0.39, 0.29) is 6.03 Å². The van der Waals surface area contributed by atoms with Crippen molar-refractivity contribution in [2.24, 2.45) is 0 Å². The molecule has 0 fully saturated rings. The predicted molar refractivity (Wildman–Crippen MR) is 97.7 cm³/mol. The van der Waals surface area contributed by atoms with Crippen LogP contribution in [0.2, 0.25) is 0 Å². The summed E-state index contributed by atoms with van der Waals surface area (Å²) in [5, 5.41) is 2.93. The largest absolute Gasteiger partial charge is 0.496 e. The van der Waals surface area contributed by atoms with E-state index in [4.69, 9.17) is 4.74 Å². The molecule has 2 rings (SSSR count). The summed E-state index contributed by atoms with van der Waals surface area (Å²) in [5.41, 5.74) is 5.88. The van der Waals surface area contributed by atoms with Crippen molar-refractivity contribution in [2.45, 2.75) is 40.8 Å². The van der Waals surface area contributed by atoms with Gasteiger partial charge in [0.2, 0.25) is 0 Å². The number of rotatable bonds is 5. The maximum Gasteiger partial charge on any atom is 0.317 e. The molecule has 134 valence electrons. The van der Waals surface area contributed by atoms with Gasteiger partial charge in [0.25, 0.3) is 0 Å². The van der Waals surface area contributed by atoms with Crippen LogP contribution < -0.4 is 10.1 Å². The van der Waals surface area contributed by atoms with Crippen LogP contribution in [0.3, 0.4) is 0 Å². The summed E-state index contributed by atoms with van der Waals surface area (Å²) < 4.78 is 5.42. The number of amides is 2. The Morgan fingerprint density at radius 1 is 1.16 bits per heavy atom. The van der Waals surface area contributed by atoms with E-state index in [1.165, 1.54) is 0 Å². The van der Waals surface area contributed by atoms with Crippen LogP contribution in [0.4, 0.5) is 4.79 Å². The summed E-state index contributed by atoms with van der Waals surface area (Å²) in [6.45, 7) is 8.75. The van der Waals surface area contributed by atoms with Gasteiger partial charge in [0.15, 0.2) is 0 Å². The smallest absolute Gasteiger partial charge is 0.317 e. The van der Waals surface area contributed by atoms with Crippen LogP contribution in [-0.2, 0) is 13.1 Å². The molecule has 0 bridgehead atoms. The molecule has 0 unspecified atom stereocenters. The number of aryl methyl sites for hydroxylation is 3. The molecular weight excluding hydrogens is 316 g/mol. The van der Waals surface area contributed by atoms with Crippen molar-refractivity contribution in [1.29, 1.82) is 0 Å². The monoisotopic (exact) mass is 342 g/mol. The molecule has 0 saturated heterocycles. The summed E-state index contributed by atoms with van der Waals surface area (Å²) in [5.74, 6) is 0.820. The zero-order valence-electron chi connectivity index (χ0n) is 15.8. The first-order valence-electron chi connectivity index (χ1n) is 8.23. The van der Waals surface area contributed by atoms with Gasteiger partial charge < -0.3 is 15.0 Å². The van der Waals surface area contributed by atoms with E-state index in [0.29, 0.717) is 13.1 Å². The molecule has 0 aromatic carbocycles. The summed E-state index contributed by atoms with van der Waals surface area (Å²) >= 11 is 0. The summed E-state index contributed by atoms with van der Waals surface area (Å²) in [4.78, 5) is 22.7. The minimum atomic E-state index is -0.152. The SMILES string of the molecule is COc1c(C)cnc(CN(C)C(=O)NCc2cnc(C)cc2C)c1C. The van der Waals surface area contributed by atoms with Gasteiger partial charge in [0.1, 0.15) is 5.75 Å². The van der Waals surface area contributed by atoms with Crippen molar-refractivity contribution >= 4 is 6.03 Å². The molecule has 0 aliphatic heterocycles. The first-order chi connectivity index (χ1) is 11.8. The standard InChI is InChI=1S/C19H26N4O2/c1-12-7-14(3)20-9-16(12)10-22-19(24)23(5)11-17-15(4)18(25-6)13(2)8-21-17/h7-9H,10-11H2,1-6H3,(H,22,24). The third-order valence-corrected chi connectivity index (χ3v) is 4.27. The molecule has 6 heteroatoms. The van der Waals surface area contributed by atoms with E-state index in [1.54, 1.807) is 25.3 Å². The van der Waals surface area contributed by atoms with E-state index in [0.717, 1.165) is 39.4 Å². The third kappa shape index (κ3) is 4.47. The lowest BCUT2D eigenvalue weighted by atomic mass is 10.1. The number of hydrogen-bond donors (Lipinski definition) is 1. The Bertz CT molecular complexity index is 774. The molecule has 2 heterocycles. The summed E-state index contributed by atoms with van der Waals surface area (Å²) in [6, 6.07) is 1.86. The van der Waals surface area contributed by atoms with Crippen LogP contribution in [0.1, 0.15) is 33.6 Å². The van der Waals surface area contributed by atoms with Crippen molar-refractivity contribution in [1.82, 2.24) is 20.2 Å². The fraction of sp³-hybridized carbons (Fsp3) is 0.421. The third-order valence-electron chi connectivity index (χ3n) is 4.27. The first-order valence-corrected chi connectivity index (χ1v) is 8.23. The number of carbonyl (C=O) groups excluding carboxylic acids is 1. The van der Waals surface area contributed by atoms with E-state index in [1.807, 2.05) is 40.0 Å². The van der Waals surface area contributed by atoms with Crippen LogP contribution in [0, 0.1) is 27.7 Å². The number of aromatic nitrogens is 2. The fourth-order valence-corrected chi connectivity index (χ4v) is 2.74. The summed E-state index contributed by atoms with van der Waals surface area (Å²) in [7, 11) is 3.40. The Morgan fingerprint density at radius 3 is 2.52 bits per heavy atom. The average molecular weight is 342 g/mol. The number of methoxy groups -OCH3 is 1. The number of nitrogens with one attached hydrogen (secondary N) is 1. The Labute approximate surface area is 149 Å². The number of nitrogens with zero attached hydrogens (tertiary/aromatic N) is 3. The molecular formula is C19H26N4O2. The van der Waals surface area contributed by atoms with Gasteiger partial charge in [-0.3, -0.25) is 9.97 Å². The van der Waals surface area contributed by atoms with Crippen LogP contribution >= 0.6 is 0 Å². The van der Waals surface area contributed by atoms with Crippen LogP contribution in [0.5, 0.6) is 5.75 Å². The van der Waals surface area contributed by atoms with Crippen molar-refractivity contribution in [2.75, 3.05) is 14.2 Å². The highest BCUT2D eigenvalue weighted by Crippen LogP contribution is 2.24. The van der Waals surface area contributed by atoms with E-state index in [2.05, 4.69) is 15.3 Å². The lowest BCUT2D eigenvalue weighted by Gasteiger charge is -2.20. The zero-order valence-corrected chi connectivity index (χ0v) is 15.8. The maximum atomic E-state index is 12.4. The number of pyridine rings is 2. The number of ether oxygens (including phenoxy) is 1. The molecule has 0 aliphatic rings. The van der Waals surface area contributed by atoms with Gasteiger partial charge >= 0.3 is 6.03 Å². The molecule has 0 aliphatic carbocycles. The molecule has 0 saturated carbocycles. The Kier molecular flexibility index (Phi) is 5.96. The molecule has 6 nitrogen and oxygen atoms in total. The Hall–Kier alpha value is -2.63. The minimum absolute atomic E-state index is 0.152.